The van der Waals surface area contributed by atoms with E-state index in [9.17, 15) is 9.59 Å². The van der Waals surface area contributed by atoms with Crippen LogP contribution >= 0.6 is 11.3 Å². The minimum Gasteiger partial charge on any atom is -0.477 e. The molecule has 6 heteroatoms. The molecule has 0 aromatic carbocycles. The van der Waals surface area contributed by atoms with E-state index in [1.165, 1.54) is 11.3 Å². The van der Waals surface area contributed by atoms with Gasteiger partial charge in [0, 0.05) is 31.6 Å². The van der Waals surface area contributed by atoms with Crippen molar-refractivity contribution < 1.29 is 14.7 Å². The van der Waals surface area contributed by atoms with Crippen LogP contribution in [0, 0.1) is 0 Å². The van der Waals surface area contributed by atoms with E-state index in [2.05, 4.69) is 4.90 Å². The summed E-state index contributed by atoms with van der Waals surface area (Å²) < 4.78 is 0. The molecule has 2 rings (SSSR count). The van der Waals surface area contributed by atoms with Gasteiger partial charge in [0.25, 0.3) is 0 Å². The van der Waals surface area contributed by atoms with E-state index in [0.717, 1.165) is 24.4 Å². The molecular weight excluding hydrogens is 252 g/mol. The second-order valence-electron chi connectivity index (χ2n) is 4.45. The molecule has 0 aliphatic carbocycles. The molecule has 0 spiro atoms. The van der Waals surface area contributed by atoms with E-state index in [1.807, 2.05) is 13.1 Å². The molecule has 1 fully saturated rings. The summed E-state index contributed by atoms with van der Waals surface area (Å²) in [4.78, 5) is 27.7. The highest BCUT2D eigenvalue weighted by Gasteiger charge is 2.19. The average Bonchev–Trinajstić information content (AvgIpc) is 2.71. The molecule has 1 aliphatic heterocycles. The number of nitrogens with zero attached hydrogens (tertiary/aromatic N) is 2. The Morgan fingerprint density at radius 1 is 1.44 bits per heavy atom. The summed E-state index contributed by atoms with van der Waals surface area (Å²) >= 11 is 1.28. The van der Waals surface area contributed by atoms with E-state index in [4.69, 9.17) is 5.11 Å². The van der Waals surface area contributed by atoms with Gasteiger partial charge in [-0.05, 0) is 18.6 Å². The molecule has 1 aromatic heterocycles. The molecule has 0 radical (unpaired) electrons. The smallest absolute Gasteiger partial charge is 0.345 e. The van der Waals surface area contributed by atoms with Crippen molar-refractivity contribution in [3.8, 4) is 0 Å². The van der Waals surface area contributed by atoms with E-state index in [0.29, 0.717) is 18.0 Å². The second kappa shape index (κ2) is 5.49. The van der Waals surface area contributed by atoms with Crippen LogP contribution in [-0.4, -0.2) is 53.5 Å². The Labute approximate surface area is 110 Å². The molecule has 0 atom stereocenters. The average molecular weight is 268 g/mol. The monoisotopic (exact) mass is 268 g/mol. The summed E-state index contributed by atoms with van der Waals surface area (Å²) in [5, 5.41) is 8.86. The molecule has 1 amide bonds. The minimum absolute atomic E-state index is 0.127. The van der Waals surface area contributed by atoms with Gasteiger partial charge in [-0.2, -0.15) is 0 Å². The fourth-order valence-corrected chi connectivity index (χ4v) is 2.87. The largest absolute Gasteiger partial charge is 0.477 e. The van der Waals surface area contributed by atoms with Gasteiger partial charge in [-0.25, -0.2) is 4.79 Å². The van der Waals surface area contributed by atoms with Crippen LogP contribution in [0.25, 0.3) is 0 Å². The number of likely N-dealkylation sites (N-methyl/N-ethyl adjacent to an activating group) is 1. The van der Waals surface area contributed by atoms with Crippen LogP contribution < -0.4 is 0 Å². The van der Waals surface area contributed by atoms with Crippen molar-refractivity contribution >= 4 is 23.2 Å². The maximum Gasteiger partial charge on any atom is 0.345 e. The molecule has 1 aliphatic rings. The Morgan fingerprint density at radius 2 is 2.22 bits per heavy atom. The molecule has 0 bridgehead atoms. The van der Waals surface area contributed by atoms with E-state index in [1.54, 1.807) is 11.0 Å². The lowest BCUT2D eigenvalue weighted by Crippen LogP contribution is -2.33. The second-order valence-corrected chi connectivity index (χ2v) is 5.62. The van der Waals surface area contributed by atoms with Gasteiger partial charge in [0.15, 0.2) is 0 Å². The molecule has 5 nitrogen and oxygen atoms in total. The third kappa shape index (κ3) is 3.08. The number of carboxylic acids is 1. The van der Waals surface area contributed by atoms with Crippen molar-refractivity contribution in [2.75, 3.05) is 26.7 Å². The van der Waals surface area contributed by atoms with Gasteiger partial charge in [0.05, 0.1) is 6.54 Å². The van der Waals surface area contributed by atoms with E-state index < -0.39 is 5.97 Å². The molecule has 1 saturated heterocycles. The van der Waals surface area contributed by atoms with Gasteiger partial charge in [-0.3, -0.25) is 9.69 Å². The van der Waals surface area contributed by atoms with Gasteiger partial charge in [-0.15, -0.1) is 11.3 Å². The summed E-state index contributed by atoms with van der Waals surface area (Å²) in [6.07, 6.45) is 0.958. The fraction of sp³-hybridized carbons (Fsp3) is 0.500. The first-order valence-corrected chi connectivity index (χ1v) is 6.66. The standard InChI is InChI=1S/C12H16N2O3S/c1-13-5-2-6-14(8-11(13)15)7-9-3-4-10(18-9)12(16)17/h3-4H,2,5-8H2,1H3,(H,16,17). The van der Waals surface area contributed by atoms with Crippen molar-refractivity contribution in [1.29, 1.82) is 0 Å². The van der Waals surface area contributed by atoms with Gasteiger partial charge in [0.2, 0.25) is 5.91 Å². The Morgan fingerprint density at radius 3 is 2.89 bits per heavy atom. The van der Waals surface area contributed by atoms with Crippen molar-refractivity contribution in [3.63, 3.8) is 0 Å². The lowest BCUT2D eigenvalue weighted by atomic mass is 10.3. The van der Waals surface area contributed by atoms with Crippen molar-refractivity contribution in [3.05, 3.63) is 21.9 Å². The molecule has 2 heterocycles. The molecule has 1 N–H and O–H groups in total. The number of amides is 1. The first kappa shape index (κ1) is 13.0. The molecule has 1 aromatic rings. The first-order chi connectivity index (χ1) is 8.56. The van der Waals surface area contributed by atoms with Gasteiger partial charge in [-0.1, -0.05) is 0 Å². The number of hydrogen-bond donors (Lipinski definition) is 1. The minimum atomic E-state index is -0.891. The van der Waals surface area contributed by atoms with Crippen LogP contribution in [-0.2, 0) is 11.3 Å². The highest BCUT2D eigenvalue weighted by molar-refractivity contribution is 7.13. The molecule has 0 saturated carbocycles. The normalized spacial score (nSPS) is 17.8. The Balaban J connectivity index is 1.99. The zero-order chi connectivity index (χ0) is 13.1. The third-order valence-electron chi connectivity index (χ3n) is 3.00. The predicted molar refractivity (Wildman–Crippen MR) is 68.8 cm³/mol. The predicted octanol–water partition coefficient (Wildman–Crippen LogP) is 1.11. The summed E-state index contributed by atoms with van der Waals surface area (Å²) in [5.41, 5.74) is 0. The topological polar surface area (TPSA) is 60.9 Å². The van der Waals surface area contributed by atoms with Crippen molar-refractivity contribution in [1.82, 2.24) is 9.80 Å². The summed E-state index contributed by atoms with van der Waals surface area (Å²) in [7, 11) is 1.82. The maximum absolute atomic E-state index is 11.7. The maximum atomic E-state index is 11.7. The summed E-state index contributed by atoms with van der Waals surface area (Å²) in [6.45, 7) is 2.73. The highest BCUT2D eigenvalue weighted by Crippen LogP contribution is 2.19. The van der Waals surface area contributed by atoms with Crippen LogP contribution in [0.4, 0.5) is 0 Å². The lowest BCUT2D eigenvalue weighted by molar-refractivity contribution is -0.129. The SMILES string of the molecule is CN1CCCN(Cc2ccc(C(=O)O)s2)CC1=O. The molecular formula is C12H16N2O3S. The van der Waals surface area contributed by atoms with Crippen LogP contribution in [0.15, 0.2) is 12.1 Å². The van der Waals surface area contributed by atoms with Crippen molar-refractivity contribution in [2.45, 2.75) is 13.0 Å². The highest BCUT2D eigenvalue weighted by atomic mass is 32.1. The van der Waals surface area contributed by atoms with Crippen LogP contribution in [0.5, 0.6) is 0 Å². The first-order valence-electron chi connectivity index (χ1n) is 5.84. The number of carbonyl (C=O) groups is 2. The van der Waals surface area contributed by atoms with E-state index in [-0.39, 0.29) is 5.91 Å². The summed E-state index contributed by atoms with van der Waals surface area (Å²) in [6, 6.07) is 3.45. The Hall–Kier alpha value is -1.40. The van der Waals surface area contributed by atoms with Gasteiger partial charge >= 0.3 is 5.97 Å². The number of aromatic carboxylic acids is 1. The Kier molecular flexibility index (Phi) is 3.98. The van der Waals surface area contributed by atoms with Crippen LogP contribution in [0.2, 0.25) is 0 Å². The quantitative estimate of drug-likeness (QED) is 0.892. The van der Waals surface area contributed by atoms with Gasteiger partial charge in [0.1, 0.15) is 4.88 Å². The number of rotatable bonds is 3. The number of thiophene rings is 1. The summed E-state index contributed by atoms with van der Waals surface area (Å²) in [5.74, 6) is -0.763. The lowest BCUT2D eigenvalue weighted by Gasteiger charge is -2.18. The van der Waals surface area contributed by atoms with Crippen molar-refractivity contribution in [2.24, 2.45) is 0 Å². The zero-order valence-corrected chi connectivity index (χ0v) is 11.1. The van der Waals surface area contributed by atoms with E-state index >= 15 is 0 Å². The van der Waals surface area contributed by atoms with Crippen LogP contribution in [0.1, 0.15) is 21.0 Å². The molecule has 98 valence electrons. The Bertz CT molecular complexity index is 458. The van der Waals surface area contributed by atoms with Gasteiger partial charge < -0.3 is 10.0 Å². The number of hydrogen-bond acceptors (Lipinski definition) is 4. The van der Waals surface area contributed by atoms with Crippen LogP contribution in [0.3, 0.4) is 0 Å². The number of carboxylic acid groups (broad SMARTS) is 1. The number of carbonyl (C=O) groups excluding carboxylic acids is 1. The third-order valence-corrected chi connectivity index (χ3v) is 4.06. The fourth-order valence-electron chi connectivity index (χ4n) is 1.98. The zero-order valence-electron chi connectivity index (χ0n) is 10.3. The molecule has 0 unspecified atom stereocenters. The molecule has 18 heavy (non-hydrogen) atoms.